The van der Waals surface area contributed by atoms with Crippen LogP contribution in [0.2, 0.25) is 0 Å². The van der Waals surface area contributed by atoms with Gasteiger partial charge in [-0.1, -0.05) is 18.2 Å². The number of nitrogens with zero attached hydrogens (tertiary/aromatic N) is 1. The van der Waals surface area contributed by atoms with Gasteiger partial charge in [-0.15, -0.1) is 11.8 Å². The van der Waals surface area contributed by atoms with Crippen molar-refractivity contribution in [3.63, 3.8) is 0 Å². The number of amides is 1. The van der Waals surface area contributed by atoms with Crippen molar-refractivity contribution in [3.8, 4) is 0 Å². The number of carbonyl (C=O) groups excluding carboxylic acids is 1. The van der Waals surface area contributed by atoms with Crippen LogP contribution in [0.4, 0.5) is 0 Å². The second-order valence-electron chi connectivity index (χ2n) is 8.29. The average Bonchev–Trinajstić information content (AvgIpc) is 3.04. The maximum absolute atomic E-state index is 13.3. The molecule has 3 aromatic rings. The van der Waals surface area contributed by atoms with Gasteiger partial charge in [0.25, 0.3) is 11.5 Å². The van der Waals surface area contributed by atoms with Crippen LogP contribution < -0.4 is 16.2 Å². The highest BCUT2D eigenvalue weighted by Crippen LogP contribution is 2.28. The van der Waals surface area contributed by atoms with Crippen molar-refractivity contribution in [2.24, 2.45) is 5.92 Å². The molecule has 0 saturated carbocycles. The third kappa shape index (κ3) is 4.43. The minimum absolute atomic E-state index is 0.134. The Labute approximate surface area is 186 Å². The SMILES string of the molecule is CSc1cc(C)[nH]c(=O)c1CNC(=O)c1c(C)n(CC2CCNCC2)c2ccccc12. The topological polar surface area (TPSA) is 78.9 Å². The minimum atomic E-state index is -0.144. The van der Waals surface area contributed by atoms with Gasteiger partial charge >= 0.3 is 0 Å². The molecule has 7 heteroatoms. The minimum Gasteiger partial charge on any atom is -0.348 e. The van der Waals surface area contributed by atoms with Gasteiger partial charge in [-0.05, 0) is 64.1 Å². The number of pyridine rings is 1. The molecule has 1 aliphatic rings. The first-order valence-electron chi connectivity index (χ1n) is 10.8. The number of aromatic nitrogens is 2. The summed E-state index contributed by atoms with van der Waals surface area (Å²) in [5.41, 5.74) is 4.07. The molecule has 1 fully saturated rings. The Morgan fingerprint density at radius 3 is 2.71 bits per heavy atom. The van der Waals surface area contributed by atoms with Crippen molar-refractivity contribution in [3.05, 3.63) is 63.2 Å². The third-order valence-electron chi connectivity index (χ3n) is 6.23. The summed E-state index contributed by atoms with van der Waals surface area (Å²) in [5, 5.41) is 7.39. The zero-order chi connectivity index (χ0) is 22.0. The summed E-state index contributed by atoms with van der Waals surface area (Å²) >= 11 is 1.52. The predicted octanol–water partition coefficient (Wildman–Crippen LogP) is 3.60. The highest BCUT2D eigenvalue weighted by molar-refractivity contribution is 7.98. The van der Waals surface area contributed by atoms with Gasteiger partial charge in [0, 0.05) is 45.8 Å². The van der Waals surface area contributed by atoms with Gasteiger partial charge < -0.3 is 20.2 Å². The van der Waals surface area contributed by atoms with Crippen molar-refractivity contribution in [1.29, 1.82) is 0 Å². The van der Waals surface area contributed by atoms with E-state index in [4.69, 9.17) is 0 Å². The number of fused-ring (bicyclic) bond motifs is 1. The Balaban J connectivity index is 1.63. The molecule has 3 N–H and O–H groups in total. The van der Waals surface area contributed by atoms with Gasteiger partial charge in [-0.25, -0.2) is 0 Å². The van der Waals surface area contributed by atoms with Crippen molar-refractivity contribution in [2.45, 2.75) is 44.7 Å². The van der Waals surface area contributed by atoms with E-state index in [0.717, 1.165) is 59.7 Å². The van der Waals surface area contributed by atoms with E-state index in [-0.39, 0.29) is 18.0 Å². The highest BCUT2D eigenvalue weighted by atomic mass is 32.2. The lowest BCUT2D eigenvalue weighted by Crippen LogP contribution is -2.30. The molecule has 0 radical (unpaired) electrons. The molecule has 0 aliphatic carbocycles. The molecule has 0 bridgehead atoms. The van der Waals surface area contributed by atoms with Crippen LogP contribution in [0.25, 0.3) is 10.9 Å². The number of aryl methyl sites for hydroxylation is 1. The monoisotopic (exact) mass is 438 g/mol. The first-order valence-corrected chi connectivity index (χ1v) is 12.1. The van der Waals surface area contributed by atoms with Crippen molar-refractivity contribution in [1.82, 2.24) is 20.2 Å². The molecule has 164 valence electrons. The molecule has 0 atom stereocenters. The molecule has 6 nitrogen and oxygen atoms in total. The van der Waals surface area contributed by atoms with Gasteiger partial charge in [0.2, 0.25) is 0 Å². The second kappa shape index (κ2) is 9.32. The summed E-state index contributed by atoms with van der Waals surface area (Å²) in [5.74, 6) is 0.478. The lowest BCUT2D eigenvalue weighted by molar-refractivity contribution is 0.0951. The number of thioether (sulfide) groups is 1. The van der Waals surface area contributed by atoms with Gasteiger partial charge in [0.15, 0.2) is 0 Å². The number of H-pyrrole nitrogens is 1. The summed E-state index contributed by atoms with van der Waals surface area (Å²) in [4.78, 5) is 29.5. The lowest BCUT2D eigenvalue weighted by Gasteiger charge is -2.24. The summed E-state index contributed by atoms with van der Waals surface area (Å²) in [6, 6.07) is 10.1. The van der Waals surface area contributed by atoms with Crippen molar-refractivity contribution >= 4 is 28.6 Å². The van der Waals surface area contributed by atoms with Crippen LogP contribution in [0.3, 0.4) is 0 Å². The van der Waals surface area contributed by atoms with E-state index in [1.165, 1.54) is 11.8 Å². The van der Waals surface area contributed by atoms with E-state index in [1.807, 2.05) is 44.4 Å². The highest BCUT2D eigenvalue weighted by Gasteiger charge is 2.23. The summed E-state index contributed by atoms with van der Waals surface area (Å²) in [7, 11) is 0. The Kier molecular flexibility index (Phi) is 6.53. The van der Waals surface area contributed by atoms with Crippen LogP contribution in [0, 0.1) is 19.8 Å². The van der Waals surface area contributed by atoms with E-state index < -0.39 is 0 Å². The molecular formula is C24H30N4O2S. The fraction of sp³-hybridized carbons (Fsp3) is 0.417. The Bertz CT molecular complexity index is 1160. The van der Waals surface area contributed by atoms with E-state index in [9.17, 15) is 9.59 Å². The number of hydrogen-bond acceptors (Lipinski definition) is 4. The van der Waals surface area contributed by atoms with Crippen molar-refractivity contribution in [2.75, 3.05) is 19.3 Å². The van der Waals surface area contributed by atoms with Crippen LogP contribution in [0.5, 0.6) is 0 Å². The normalized spacial score (nSPS) is 14.8. The van der Waals surface area contributed by atoms with Crippen LogP contribution >= 0.6 is 11.8 Å². The fourth-order valence-corrected chi connectivity index (χ4v) is 5.27. The smallest absolute Gasteiger partial charge is 0.254 e. The lowest BCUT2D eigenvalue weighted by atomic mass is 9.98. The number of para-hydroxylation sites is 1. The fourth-order valence-electron chi connectivity index (χ4n) is 4.57. The second-order valence-corrected chi connectivity index (χ2v) is 9.14. The Morgan fingerprint density at radius 2 is 1.97 bits per heavy atom. The first kappa shape index (κ1) is 21.7. The van der Waals surface area contributed by atoms with E-state index in [2.05, 4.69) is 26.3 Å². The molecule has 0 unspecified atom stereocenters. The van der Waals surface area contributed by atoms with E-state index >= 15 is 0 Å². The molecule has 1 amide bonds. The van der Waals surface area contributed by atoms with E-state index in [0.29, 0.717) is 17.0 Å². The molecule has 1 saturated heterocycles. The van der Waals surface area contributed by atoms with Gasteiger partial charge in [0.1, 0.15) is 0 Å². The predicted molar refractivity (Wildman–Crippen MR) is 127 cm³/mol. The number of piperidine rings is 1. The van der Waals surface area contributed by atoms with Crippen LogP contribution in [0.1, 0.15) is 40.2 Å². The summed E-state index contributed by atoms with van der Waals surface area (Å²) in [6.07, 6.45) is 4.25. The van der Waals surface area contributed by atoms with E-state index in [1.54, 1.807) is 0 Å². The Morgan fingerprint density at radius 1 is 1.23 bits per heavy atom. The third-order valence-corrected chi connectivity index (χ3v) is 7.04. The van der Waals surface area contributed by atoms with Crippen LogP contribution in [-0.2, 0) is 13.1 Å². The van der Waals surface area contributed by atoms with Crippen LogP contribution in [-0.4, -0.2) is 34.8 Å². The molecule has 3 heterocycles. The standard InChI is InChI=1S/C24H30N4O2S/c1-15-12-21(31-3)19(23(29)27-15)13-26-24(30)22-16(2)28(14-17-8-10-25-11-9-17)20-7-5-4-6-18(20)22/h4-7,12,17,25H,8-11,13-14H2,1-3H3,(H,26,30)(H,27,29). The number of nitrogens with one attached hydrogen (secondary N) is 3. The zero-order valence-corrected chi connectivity index (χ0v) is 19.2. The van der Waals surface area contributed by atoms with Gasteiger partial charge in [-0.2, -0.15) is 0 Å². The van der Waals surface area contributed by atoms with Crippen LogP contribution in [0.15, 0.2) is 40.0 Å². The maximum atomic E-state index is 13.3. The molecular weight excluding hydrogens is 408 g/mol. The number of carbonyl (C=O) groups is 1. The van der Waals surface area contributed by atoms with Crippen molar-refractivity contribution < 1.29 is 4.79 Å². The quantitative estimate of drug-likeness (QED) is 0.514. The van der Waals surface area contributed by atoms with Gasteiger partial charge in [0.05, 0.1) is 5.56 Å². The molecule has 2 aromatic heterocycles. The number of hydrogen-bond donors (Lipinski definition) is 3. The maximum Gasteiger partial charge on any atom is 0.254 e. The molecule has 4 rings (SSSR count). The molecule has 1 aromatic carbocycles. The number of benzene rings is 1. The first-order chi connectivity index (χ1) is 15.0. The molecule has 0 spiro atoms. The zero-order valence-electron chi connectivity index (χ0n) is 18.4. The molecule has 1 aliphatic heterocycles. The van der Waals surface area contributed by atoms with Gasteiger partial charge in [-0.3, -0.25) is 9.59 Å². The largest absolute Gasteiger partial charge is 0.348 e. The average molecular weight is 439 g/mol. The summed E-state index contributed by atoms with van der Waals surface area (Å²) in [6.45, 7) is 7.14. The Hall–Kier alpha value is -2.51. The number of aromatic amines is 1. The number of rotatable bonds is 6. The summed E-state index contributed by atoms with van der Waals surface area (Å²) < 4.78 is 2.30. The molecule has 31 heavy (non-hydrogen) atoms.